The maximum atomic E-state index is 14.5. The molecule has 0 aliphatic heterocycles. The maximum absolute atomic E-state index is 14.5. The summed E-state index contributed by atoms with van der Waals surface area (Å²) in [5, 5.41) is 3.32. The SMILES string of the molecule is CCCNC(=O)[C@@H](Cc1ccccc1)N(Cc1ccc(Br)cc1)C(=O)CN(c1cccc(Cl)c1C)S(=O)(=O)c1ccccc1. The lowest BCUT2D eigenvalue weighted by Gasteiger charge is -2.34. The van der Waals surface area contributed by atoms with E-state index in [1.54, 1.807) is 43.3 Å². The molecule has 0 unspecified atom stereocenters. The average molecular weight is 697 g/mol. The third-order valence-electron chi connectivity index (χ3n) is 7.20. The molecule has 0 fully saturated rings. The van der Waals surface area contributed by atoms with Crippen LogP contribution < -0.4 is 9.62 Å². The van der Waals surface area contributed by atoms with Gasteiger partial charge in [-0.1, -0.05) is 101 Å². The second kappa shape index (κ2) is 15.4. The number of halogens is 2. The molecule has 0 radical (unpaired) electrons. The van der Waals surface area contributed by atoms with Crippen molar-refractivity contribution < 1.29 is 18.0 Å². The fraction of sp³-hybridized carbons (Fsp3) is 0.235. The Morgan fingerprint density at radius 2 is 1.50 bits per heavy atom. The number of anilines is 1. The lowest BCUT2D eigenvalue weighted by molar-refractivity contribution is -0.140. The molecule has 0 bridgehead atoms. The van der Waals surface area contributed by atoms with Crippen LogP contribution in [0.25, 0.3) is 0 Å². The van der Waals surface area contributed by atoms with E-state index in [1.807, 2.05) is 61.5 Å². The summed E-state index contributed by atoms with van der Waals surface area (Å²) in [6.45, 7) is 3.67. The second-order valence-corrected chi connectivity index (χ2v) is 13.5. The van der Waals surface area contributed by atoms with Crippen LogP contribution in [0.3, 0.4) is 0 Å². The number of benzene rings is 4. The molecule has 4 aromatic rings. The highest BCUT2D eigenvalue weighted by molar-refractivity contribution is 9.10. The highest BCUT2D eigenvalue weighted by atomic mass is 79.9. The van der Waals surface area contributed by atoms with Crippen LogP contribution in [0.15, 0.2) is 112 Å². The van der Waals surface area contributed by atoms with E-state index in [0.717, 1.165) is 26.3 Å². The van der Waals surface area contributed by atoms with Crippen LogP contribution in [-0.2, 0) is 32.6 Å². The van der Waals surface area contributed by atoms with Crippen molar-refractivity contribution in [1.29, 1.82) is 0 Å². The molecule has 7 nitrogen and oxygen atoms in total. The Kier molecular flexibility index (Phi) is 11.6. The summed E-state index contributed by atoms with van der Waals surface area (Å²) in [5.41, 5.74) is 2.47. The molecule has 10 heteroatoms. The summed E-state index contributed by atoms with van der Waals surface area (Å²) in [5.74, 6) is -0.836. The largest absolute Gasteiger partial charge is 0.354 e. The molecule has 4 aromatic carbocycles. The quantitative estimate of drug-likeness (QED) is 0.167. The highest BCUT2D eigenvalue weighted by Gasteiger charge is 2.35. The van der Waals surface area contributed by atoms with Crippen molar-refractivity contribution in [3.63, 3.8) is 0 Å². The first kappa shape index (κ1) is 33.2. The Labute approximate surface area is 273 Å². The number of rotatable bonds is 13. The van der Waals surface area contributed by atoms with Gasteiger partial charge in [0.25, 0.3) is 10.0 Å². The van der Waals surface area contributed by atoms with Crippen LogP contribution in [0, 0.1) is 6.92 Å². The molecule has 0 aliphatic carbocycles. The van der Waals surface area contributed by atoms with Gasteiger partial charge in [0, 0.05) is 29.0 Å². The molecule has 0 saturated carbocycles. The summed E-state index contributed by atoms with van der Waals surface area (Å²) < 4.78 is 30.2. The predicted molar refractivity (Wildman–Crippen MR) is 179 cm³/mol. The molecule has 2 amide bonds. The number of amides is 2. The average Bonchev–Trinajstić information content (AvgIpc) is 3.03. The van der Waals surface area contributed by atoms with Crippen LogP contribution >= 0.6 is 27.5 Å². The van der Waals surface area contributed by atoms with Gasteiger partial charge in [0.15, 0.2) is 0 Å². The normalized spacial score (nSPS) is 11.9. The van der Waals surface area contributed by atoms with Gasteiger partial charge >= 0.3 is 0 Å². The highest BCUT2D eigenvalue weighted by Crippen LogP contribution is 2.31. The van der Waals surface area contributed by atoms with E-state index in [2.05, 4.69) is 21.2 Å². The van der Waals surface area contributed by atoms with E-state index in [0.29, 0.717) is 17.1 Å². The molecule has 0 spiro atoms. The van der Waals surface area contributed by atoms with E-state index >= 15 is 0 Å². The molecule has 230 valence electrons. The minimum Gasteiger partial charge on any atom is -0.354 e. The Bertz CT molecular complexity index is 1670. The van der Waals surface area contributed by atoms with Gasteiger partial charge in [-0.2, -0.15) is 0 Å². The van der Waals surface area contributed by atoms with Crippen LogP contribution in [0.1, 0.15) is 30.0 Å². The molecular formula is C34H35BrClN3O4S. The zero-order valence-electron chi connectivity index (χ0n) is 24.6. The molecular weight excluding hydrogens is 662 g/mol. The molecule has 0 aromatic heterocycles. The minimum atomic E-state index is -4.20. The number of hydrogen-bond acceptors (Lipinski definition) is 4. The van der Waals surface area contributed by atoms with E-state index in [1.165, 1.54) is 17.0 Å². The lowest BCUT2D eigenvalue weighted by atomic mass is 10.0. The van der Waals surface area contributed by atoms with Crippen molar-refractivity contribution in [2.75, 3.05) is 17.4 Å². The minimum absolute atomic E-state index is 0.0353. The van der Waals surface area contributed by atoms with Crippen LogP contribution in [0.4, 0.5) is 5.69 Å². The molecule has 0 heterocycles. The first-order valence-corrected chi connectivity index (χ1v) is 16.9. The Balaban J connectivity index is 1.81. The molecule has 4 rings (SSSR count). The van der Waals surface area contributed by atoms with Crippen LogP contribution in [0.5, 0.6) is 0 Å². The number of nitrogens with zero attached hydrogens (tertiary/aromatic N) is 2. The molecule has 1 N–H and O–H groups in total. The Hall–Kier alpha value is -3.66. The fourth-order valence-corrected chi connectivity index (χ4v) is 6.73. The zero-order valence-corrected chi connectivity index (χ0v) is 27.8. The van der Waals surface area contributed by atoms with Gasteiger partial charge in [-0.3, -0.25) is 13.9 Å². The monoisotopic (exact) mass is 695 g/mol. The van der Waals surface area contributed by atoms with Gasteiger partial charge in [-0.15, -0.1) is 0 Å². The second-order valence-electron chi connectivity index (χ2n) is 10.4. The standard InChI is InChI=1S/C34H35BrClN3O4S/c1-3-21-37-34(41)32(22-26-11-6-4-7-12-26)38(23-27-17-19-28(35)20-18-27)33(40)24-39(31-16-10-15-30(36)25(31)2)44(42,43)29-13-8-5-9-14-29/h4-20,32H,3,21-24H2,1-2H3,(H,37,41)/t32-/m1/s1. The van der Waals surface area contributed by atoms with E-state index < -0.39 is 28.5 Å². The smallest absolute Gasteiger partial charge is 0.264 e. The fourth-order valence-electron chi connectivity index (χ4n) is 4.81. The maximum Gasteiger partial charge on any atom is 0.264 e. The van der Waals surface area contributed by atoms with Crippen LogP contribution in [-0.4, -0.2) is 44.3 Å². The number of nitrogens with one attached hydrogen (secondary N) is 1. The third-order valence-corrected chi connectivity index (χ3v) is 9.92. The Morgan fingerprint density at radius 3 is 2.14 bits per heavy atom. The van der Waals surface area contributed by atoms with Gasteiger partial charge in [-0.25, -0.2) is 8.42 Å². The molecule has 0 saturated heterocycles. The van der Waals surface area contributed by atoms with Crippen molar-refractivity contribution in [2.45, 2.75) is 44.2 Å². The van der Waals surface area contributed by atoms with E-state index in [9.17, 15) is 18.0 Å². The van der Waals surface area contributed by atoms with E-state index in [-0.39, 0.29) is 29.5 Å². The van der Waals surface area contributed by atoms with Crippen molar-refractivity contribution in [2.24, 2.45) is 0 Å². The van der Waals surface area contributed by atoms with Gasteiger partial charge in [0.2, 0.25) is 11.8 Å². The molecule has 1 atom stereocenters. The van der Waals surface area contributed by atoms with Gasteiger partial charge in [-0.05, 0) is 66.4 Å². The van der Waals surface area contributed by atoms with Crippen molar-refractivity contribution in [1.82, 2.24) is 10.2 Å². The summed E-state index contributed by atoms with van der Waals surface area (Å²) in [4.78, 5) is 29.7. The number of carbonyl (C=O) groups excluding carboxylic acids is 2. The van der Waals surface area contributed by atoms with Crippen LogP contribution in [0.2, 0.25) is 5.02 Å². The van der Waals surface area contributed by atoms with Crippen molar-refractivity contribution in [3.8, 4) is 0 Å². The summed E-state index contributed by atoms with van der Waals surface area (Å²) in [6, 6.07) is 28.9. The topological polar surface area (TPSA) is 86.8 Å². The van der Waals surface area contributed by atoms with E-state index in [4.69, 9.17) is 11.6 Å². The first-order valence-electron chi connectivity index (χ1n) is 14.3. The lowest BCUT2D eigenvalue weighted by Crippen LogP contribution is -2.53. The first-order chi connectivity index (χ1) is 21.1. The predicted octanol–water partition coefficient (Wildman–Crippen LogP) is 6.77. The summed E-state index contributed by atoms with van der Waals surface area (Å²) >= 11 is 9.88. The van der Waals surface area contributed by atoms with Crippen molar-refractivity contribution >= 4 is 55.1 Å². The molecule has 44 heavy (non-hydrogen) atoms. The van der Waals surface area contributed by atoms with Gasteiger partial charge in [0.05, 0.1) is 10.6 Å². The zero-order chi connectivity index (χ0) is 31.7. The molecule has 0 aliphatic rings. The van der Waals surface area contributed by atoms with Gasteiger partial charge < -0.3 is 10.2 Å². The number of carbonyl (C=O) groups is 2. The summed E-state index contributed by atoms with van der Waals surface area (Å²) in [6.07, 6.45) is 0.974. The van der Waals surface area contributed by atoms with Crippen molar-refractivity contribution in [3.05, 3.63) is 129 Å². The number of sulfonamides is 1. The number of hydrogen-bond donors (Lipinski definition) is 1. The third kappa shape index (κ3) is 8.28. The summed E-state index contributed by atoms with van der Waals surface area (Å²) in [7, 11) is -4.20. The Morgan fingerprint density at radius 1 is 0.864 bits per heavy atom. The van der Waals surface area contributed by atoms with Gasteiger partial charge in [0.1, 0.15) is 12.6 Å².